The highest BCUT2D eigenvalue weighted by Crippen LogP contribution is 2.08. The zero-order valence-electron chi connectivity index (χ0n) is 9.17. The minimum absolute atomic E-state index is 0.273. The van der Waals surface area contributed by atoms with E-state index in [0.717, 1.165) is 25.7 Å². The lowest BCUT2D eigenvalue weighted by Crippen LogP contribution is -2.19. The van der Waals surface area contributed by atoms with Crippen LogP contribution in [0.1, 0.15) is 58.3 Å². The Morgan fingerprint density at radius 3 is 2.29 bits per heavy atom. The molecule has 0 saturated carbocycles. The third-order valence-corrected chi connectivity index (χ3v) is 2.39. The van der Waals surface area contributed by atoms with E-state index in [9.17, 15) is 4.79 Å². The summed E-state index contributed by atoms with van der Waals surface area (Å²) in [7, 11) is 0. The largest absolute Gasteiger partial charge is 0.481 e. The van der Waals surface area contributed by atoms with Crippen molar-refractivity contribution in [1.82, 2.24) is 0 Å². The van der Waals surface area contributed by atoms with Crippen molar-refractivity contribution in [3.05, 3.63) is 0 Å². The molecule has 0 unspecified atom stereocenters. The van der Waals surface area contributed by atoms with Crippen molar-refractivity contribution in [3.8, 4) is 0 Å². The van der Waals surface area contributed by atoms with E-state index in [2.05, 4.69) is 6.92 Å². The summed E-state index contributed by atoms with van der Waals surface area (Å²) in [4.78, 5) is 10.2. The van der Waals surface area contributed by atoms with Crippen LogP contribution in [0.3, 0.4) is 0 Å². The van der Waals surface area contributed by atoms with Gasteiger partial charge in [0.05, 0.1) is 0 Å². The van der Waals surface area contributed by atoms with E-state index in [1.807, 2.05) is 0 Å². The molecule has 0 aliphatic heterocycles. The maximum atomic E-state index is 10.2. The van der Waals surface area contributed by atoms with Crippen LogP contribution in [-0.4, -0.2) is 17.1 Å². The Labute approximate surface area is 86.7 Å². The van der Waals surface area contributed by atoms with Gasteiger partial charge in [0.15, 0.2) is 0 Å². The van der Waals surface area contributed by atoms with Crippen molar-refractivity contribution < 1.29 is 9.90 Å². The Hall–Kier alpha value is -0.570. The standard InChI is InChI=1S/C11H23NO2/c1-2-3-4-7-10(12)8-5-6-9-11(13)14/h10H,2-9,12H2,1H3,(H,13,14)/t10-/m0/s1. The highest BCUT2D eigenvalue weighted by molar-refractivity contribution is 5.66. The first kappa shape index (κ1) is 13.4. The smallest absolute Gasteiger partial charge is 0.303 e. The van der Waals surface area contributed by atoms with E-state index < -0.39 is 5.97 Å². The summed E-state index contributed by atoms with van der Waals surface area (Å²) < 4.78 is 0. The first-order valence-electron chi connectivity index (χ1n) is 5.64. The van der Waals surface area contributed by atoms with Crippen LogP contribution < -0.4 is 5.73 Å². The third kappa shape index (κ3) is 9.52. The molecule has 0 rings (SSSR count). The number of unbranched alkanes of at least 4 members (excludes halogenated alkanes) is 3. The normalized spacial score (nSPS) is 12.7. The second-order valence-corrected chi connectivity index (χ2v) is 3.90. The number of rotatable bonds is 9. The number of aliphatic carboxylic acids is 1. The second-order valence-electron chi connectivity index (χ2n) is 3.90. The van der Waals surface area contributed by atoms with Crippen LogP contribution in [0.15, 0.2) is 0 Å². The van der Waals surface area contributed by atoms with Crippen molar-refractivity contribution in [3.63, 3.8) is 0 Å². The molecule has 0 aliphatic carbocycles. The molecular formula is C11H23NO2. The minimum atomic E-state index is -0.704. The van der Waals surface area contributed by atoms with Crippen molar-refractivity contribution in [2.75, 3.05) is 0 Å². The highest BCUT2D eigenvalue weighted by atomic mass is 16.4. The quantitative estimate of drug-likeness (QED) is 0.563. The zero-order valence-corrected chi connectivity index (χ0v) is 9.17. The Balaban J connectivity index is 3.18. The van der Waals surface area contributed by atoms with Crippen LogP contribution in [0.5, 0.6) is 0 Å². The Morgan fingerprint density at radius 2 is 1.79 bits per heavy atom. The Kier molecular flexibility index (Phi) is 8.64. The lowest BCUT2D eigenvalue weighted by molar-refractivity contribution is -0.137. The molecule has 3 N–H and O–H groups in total. The fraction of sp³-hybridized carbons (Fsp3) is 0.909. The van der Waals surface area contributed by atoms with Crippen LogP contribution in [0.25, 0.3) is 0 Å². The van der Waals surface area contributed by atoms with Crippen molar-refractivity contribution in [2.24, 2.45) is 5.73 Å². The molecule has 0 amide bonds. The molecule has 0 spiro atoms. The summed E-state index contributed by atoms with van der Waals surface area (Å²) in [5.74, 6) is -0.704. The van der Waals surface area contributed by atoms with Crippen molar-refractivity contribution in [1.29, 1.82) is 0 Å². The molecule has 0 fully saturated rings. The van der Waals surface area contributed by atoms with Gasteiger partial charge in [-0.1, -0.05) is 32.6 Å². The second kappa shape index (κ2) is 9.00. The topological polar surface area (TPSA) is 63.3 Å². The number of hydrogen-bond acceptors (Lipinski definition) is 2. The Morgan fingerprint density at radius 1 is 1.21 bits per heavy atom. The van der Waals surface area contributed by atoms with E-state index in [4.69, 9.17) is 10.8 Å². The van der Waals surface area contributed by atoms with Gasteiger partial charge in [0.2, 0.25) is 0 Å². The van der Waals surface area contributed by atoms with E-state index in [-0.39, 0.29) is 12.5 Å². The molecule has 0 aromatic carbocycles. The van der Waals surface area contributed by atoms with Crippen LogP contribution in [0.4, 0.5) is 0 Å². The molecule has 1 atom stereocenters. The van der Waals surface area contributed by atoms with Gasteiger partial charge in [-0.25, -0.2) is 0 Å². The van der Waals surface area contributed by atoms with E-state index in [1.54, 1.807) is 0 Å². The van der Waals surface area contributed by atoms with Crippen LogP contribution >= 0.6 is 0 Å². The molecule has 0 saturated heterocycles. The van der Waals surface area contributed by atoms with E-state index >= 15 is 0 Å². The number of nitrogens with two attached hydrogens (primary N) is 1. The molecule has 0 radical (unpaired) electrons. The molecule has 3 heteroatoms. The third-order valence-electron chi connectivity index (χ3n) is 2.39. The fourth-order valence-electron chi connectivity index (χ4n) is 1.48. The van der Waals surface area contributed by atoms with Gasteiger partial charge in [-0.15, -0.1) is 0 Å². The summed E-state index contributed by atoms with van der Waals surface area (Å²) in [5, 5.41) is 8.42. The summed E-state index contributed by atoms with van der Waals surface area (Å²) in [6.45, 7) is 2.18. The lowest BCUT2D eigenvalue weighted by atomic mass is 10.0. The molecule has 84 valence electrons. The molecule has 0 aliphatic rings. The molecular weight excluding hydrogens is 178 g/mol. The number of hydrogen-bond donors (Lipinski definition) is 2. The number of carbonyl (C=O) groups is 1. The fourth-order valence-corrected chi connectivity index (χ4v) is 1.48. The predicted molar refractivity (Wildman–Crippen MR) is 58.2 cm³/mol. The van der Waals surface area contributed by atoms with Crippen LogP contribution in [0, 0.1) is 0 Å². The SMILES string of the molecule is CCCCC[C@H](N)CCCCC(=O)O. The van der Waals surface area contributed by atoms with Crippen LogP contribution in [0.2, 0.25) is 0 Å². The van der Waals surface area contributed by atoms with Gasteiger partial charge in [0.25, 0.3) is 0 Å². The summed E-state index contributed by atoms with van der Waals surface area (Å²) in [6, 6.07) is 0.273. The maximum Gasteiger partial charge on any atom is 0.303 e. The molecule has 0 aromatic heterocycles. The predicted octanol–water partition coefficient (Wildman–Crippen LogP) is 2.54. The number of carboxylic acid groups (broad SMARTS) is 1. The summed E-state index contributed by atoms with van der Waals surface area (Å²) >= 11 is 0. The molecule has 3 nitrogen and oxygen atoms in total. The Bertz CT molecular complexity index is 148. The van der Waals surface area contributed by atoms with Gasteiger partial charge in [0, 0.05) is 12.5 Å². The van der Waals surface area contributed by atoms with Gasteiger partial charge >= 0.3 is 5.97 Å². The van der Waals surface area contributed by atoms with Crippen molar-refractivity contribution in [2.45, 2.75) is 64.3 Å². The monoisotopic (exact) mass is 201 g/mol. The zero-order chi connectivity index (χ0) is 10.8. The minimum Gasteiger partial charge on any atom is -0.481 e. The van der Waals surface area contributed by atoms with Crippen molar-refractivity contribution >= 4 is 5.97 Å². The summed E-state index contributed by atoms with van der Waals surface area (Å²) in [6.07, 6.45) is 7.72. The van der Waals surface area contributed by atoms with Gasteiger partial charge in [-0.3, -0.25) is 4.79 Å². The molecule has 0 aromatic rings. The maximum absolute atomic E-state index is 10.2. The lowest BCUT2D eigenvalue weighted by Gasteiger charge is -2.10. The van der Waals surface area contributed by atoms with Gasteiger partial charge in [0.1, 0.15) is 0 Å². The van der Waals surface area contributed by atoms with Gasteiger partial charge < -0.3 is 10.8 Å². The molecule has 0 heterocycles. The first-order valence-corrected chi connectivity index (χ1v) is 5.64. The number of carboxylic acids is 1. The van der Waals surface area contributed by atoms with Gasteiger partial charge in [-0.2, -0.15) is 0 Å². The van der Waals surface area contributed by atoms with E-state index in [0.29, 0.717) is 0 Å². The van der Waals surface area contributed by atoms with Crippen LogP contribution in [-0.2, 0) is 4.79 Å². The average Bonchev–Trinajstić information content (AvgIpc) is 2.13. The molecule has 0 bridgehead atoms. The van der Waals surface area contributed by atoms with E-state index in [1.165, 1.54) is 19.3 Å². The summed E-state index contributed by atoms with van der Waals surface area (Å²) in [5.41, 5.74) is 5.88. The van der Waals surface area contributed by atoms with Gasteiger partial charge in [-0.05, 0) is 19.3 Å². The highest BCUT2D eigenvalue weighted by Gasteiger charge is 2.03. The molecule has 14 heavy (non-hydrogen) atoms. The first-order chi connectivity index (χ1) is 6.66. The average molecular weight is 201 g/mol.